The minimum absolute atomic E-state index is 0.167. The summed E-state index contributed by atoms with van der Waals surface area (Å²) in [7, 11) is 1.82. The molecule has 0 aliphatic rings. The highest BCUT2D eigenvalue weighted by Crippen LogP contribution is 2.16. The van der Waals surface area contributed by atoms with Crippen molar-refractivity contribution in [3.8, 4) is 5.75 Å². The third-order valence-electron chi connectivity index (χ3n) is 4.61. The number of amides is 1. The molecule has 0 aliphatic carbocycles. The fraction of sp³-hybridized carbons (Fsp3) is 0.273. The van der Waals surface area contributed by atoms with Crippen LogP contribution in [0.25, 0.3) is 0 Å². The number of carboxylic acid groups (broad SMARTS) is 1. The van der Waals surface area contributed by atoms with E-state index in [-0.39, 0.29) is 6.42 Å². The van der Waals surface area contributed by atoms with Crippen LogP contribution in [-0.2, 0) is 17.6 Å². The topological polar surface area (TPSA) is 113 Å². The van der Waals surface area contributed by atoms with Crippen molar-refractivity contribution in [3.63, 3.8) is 0 Å². The number of carboxylic acids is 1. The van der Waals surface area contributed by atoms with E-state index < -0.39 is 17.9 Å². The molecule has 0 radical (unpaired) electrons. The zero-order chi connectivity index (χ0) is 22.2. The highest BCUT2D eigenvalue weighted by molar-refractivity contribution is 7.11. The average Bonchev–Trinajstić information content (AvgIpc) is 3.20. The van der Waals surface area contributed by atoms with Gasteiger partial charge in [0.2, 0.25) is 0 Å². The third kappa shape index (κ3) is 6.26. The number of aromatic nitrogens is 2. The maximum atomic E-state index is 12.3. The molecule has 0 saturated heterocycles. The first-order chi connectivity index (χ1) is 15.0. The average molecular weight is 441 g/mol. The predicted octanol–water partition coefficient (Wildman–Crippen LogP) is 2.94. The maximum Gasteiger partial charge on any atom is 0.326 e. The largest absolute Gasteiger partial charge is 0.493 e. The number of aryl methyl sites for hydroxylation is 1. The summed E-state index contributed by atoms with van der Waals surface area (Å²) in [4.78, 5) is 32.8. The number of hydrogen-bond acceptors (Lipinski definition) is 7. The van der Waals surface area contributed by atoms with Gasteiger partial charge in [0.15, 0.2) is 0 Å². The summed E-state index contributed by atoms with van der Waals surface area (Å²) in [5.41, 5.74) is 3.86. The Morgan fingerprint density at radius 1 is 1.19 bits per heavy atom. The molecule has 3 N–H and O–H groups in total. The Morgan fingerprint density at radius 2 is 1.97 bits per heavy atom. The van der Waals surface area contributed by atoms with Crippen LogP contribution in [0.15, 0.2) is 48.0 Å². The first-order valence-corrected chi connectivity index (χ1v) is 10.6. The van der Waals surface area contributed by atoms with Crippen molar-refractivity contribution in [1.82, 2.24) is 15.3 Å². The second kappa shape index (κ2) is 10.5. The monoisotopic (exact) mass is 440 g/mol. The van der Waals surface area contributed by atoms with Crippen LogP contribution in [0.4, 0.5) is 5.82 Å². The van der Waals surface area contributed by atoms with E-state index in [2.05, 4.69) is 20.6 Å². The third-order valence-corrected chi connectivity index (χ3v) is 5.54. The standard InChI is InChI=1S/C22H24N4O4S/c1-14-20(31-13-24-14)21(27)26-18(22(28)29)12-15-6-8-17(9-7-15)30-11-10-16-4-3-5-19(23-2)25-16/h3-9,13,18H,10-12H2,1-2H3,(H,23,25)(H,26,27)(H,28,29)/t18-/m0/s1. The molecule has 1 atom stereocenters. The highest BCUT2D eigenvalue weighted by Gasteiger charge is 2.23. The molecule has 162 valence electrons. The Balaban J connectivity index is 1.53. The summed E-state index contributed by atoms with van der Waals surface area (Å²) in [6, 6.07) is 11.9. The number of aliphatic carboxylic acids is 1. The quantitative estimate of drug-likeness (QED) is 0.444. The minimum atomic E-state index is -1.09. The summed E-state index contributed by atoms with van der Waals surface area (Å²) in [6.07, 6.45) is 0.835. The normalized spacial score (nSPS) is 11.5. The highest BCUT2D eigenvalue weighted by atomic mass is 32.1. The van der Waals surface area contributed by atoms with E-state index in [4.69, 9.17) is 4.74 Å². The number of thiazole rings is 1. The van der Waals surface area contributed by atoms with Crippen LogP contribution in [0.3, 0.4) is 0 Å². The van der Waals surface area contributed by atoms with Gasteiger partial charge in [-0.05, 0) is 36.8 Å². The first kappa shape index (κ1) is 22.2. The van der Waals surface area contributed by atoms with Gasteiger partial charge in [0.05, 0.1) is 17.8 Å². The lowest BCUT2D eigenvalue weighted by molar-refractivity contribution is -0.139. The summed E-state index contributed by atoms with van der Waals surface area (Å²) >= 11 is 1.19. The number of ether oxygens (including phenoxy) is 1. The van der Waals surface area contributed by atoms with Gasteiger partial charge in [-0.1, -0.05) is 18.2 Å². The van der Waals surface area contributed by atoms with Crippen molar-refractivity contribution >= 4 is 29.0 Å². The Labute approximate surface area is 184 Å². The molecule has 0 aliphatic heterocycles. The lowest BCUT2D eigenvalue weighted by atomic mass is 10.1. The summed E-state index contributed by atoms with van der Waals surface area (Å²) < 4.78 is 5.77. The molecule has 0 spiro atoms. The molecule has 0 saturated carbocycles. The number of nitrogens with zero attached hydrogens (tertiary/aromatic N) is 2. The van der Waals surface area contributed by atoms with E-state index in [1.54, 1.807) is 36.7 Å². The van der Waals surface area contributed by atoms with Crippen molar-refractivity contribution in [2.75, 3.05) is 19.0 Å². The lowest BCUT2D eigenvalue weighted by Gasteiger charge is -2.15. The van der Waals surface area contributed by atoms with Crippen LogP contribution in [-0.4, -0.2) is 46.6 Å². The fourth-order valence-corrected chi connectivity index (χ4v) is 3.64. The molecule has 2 heterocycles. The molecule has 31 heavy (non-hydrogen) atoms. The molecule has 8 nitrogen and oxygen atoms in total. The smallest absolute Gasteiger partial charge is 0.326 e. The SMILES string of the molecule is CNc1cccc(CCOc2ccc(C[C@H](NC(=O)c3scnc3C)C(=O)O)cc2)n1. The van der Waals surface area contributed by atoms with E-state index in [0.29, 0.717) is 29.3 Å². The Kier molecular flexibility index (Phi) is 7.55. The number of rotatable bonds is 10. The molecule has 1 aromatic carbocycles. The minimum Gasteiger partial charge on any atom is -0.493 e. The van der Waals surface area contributed by atoms with E-state index in [1.807, 2.05) is 25.2 Å². The van der Waals surface area contributed by atoms with E-state index in [0.717, 1.165) is 17.1 Å². The van der Waals surface area contributed by atoms with E-state index >= 15 is 0 Å². The summed E-state index contributed by atoms with van der Waals surface area (Å²) in [5.74, 6) is -0.0207. The Hall–Kier alpha value is -3.46. The van der Waals surface area contributed by atoms with Gasteiger partial charge in [0, 0.05) is 25.6 Å². The van der Waals surface area contributed by atoms with Crippen molar-refractivity contribution in [2.45, 2.75) is 25.8 Å². The number of hydrogen-bond donors (Lipinski definition) is 3. The number of nitrogens with one attached hydrogen (secondary N) is 2. The number of anilines is 1. The zero-order valence-electron chi connectivity index (χ0n) is 17.3. The number of carbonyl (C=O) groups excluding carboxylic acids is 1. The second-order valence-corrected chi connectivity index (χ2v) is 7.70. The molecule has 3 rings (SSSR count). The van der Waals surface area contributed by atoms with Crippen molar-refractivity contribution < 1.29 is 19.4 Å². The Morgan fingerprint density at radius 3 is 2.61 bits per heavy atom. The van der Waals surface area contributed by atoms with Crippen LogP contribution in [0.1, 0.15) is 26.6 Å². The molecular weight excluding hydrogens is 416 g/mol. The van der Waals surface area contributed by atoms with Crippen LogP contribution < -0.4 is 15.4 Å². The molecular formula is C22H24N4O4S. The predicted molar refractivity (Wildman–Crippen MR) is 119 cm³/mol. The van der Waals surface area contributed by atoms with Crippen molar-refractivity contribution in [2.24, 2.45) is 0 Å². The first-order valence-electron chi connectivity index (χ1n) is 9.75. The Bertz CT molecular complexity index is 1040. The number of benzene rings is 1. The van der Waals surface area contributed by atoms with Crippen LogP contribution in [0.5, 0.6) is 5.75 Å². The van der Waals surface area contributed by atoms with Gasteiger partial charge in [-0.25, -0.2) is 14.8 Å². The van der Waals surface area contributed by atoms with E-state index in [1.165, 1.54) is 11.3 Å². The molecule has 9 heteroatoms. The second-order valence-electron chi connectivity index (χ2n) is 6.84. The summed E-state index contributed by atoms with van der Waals surface area (Å²) in [6.45, 7) is 2.19. The molecule has 1 amide bonds. The van der Waals surface area contributed by atoms with Gasteiger partial charge in [-0.15, -0.1) is 11.3 Å². The van der Waals surface area contributed by atoms with Gasteiger partial charge in [-0.3, -0.25) is 4.79 Å². The van der Waals surface area contributed by atoms with Gasteiger partial charge in [0.25, 0.3) is 5.91 Å². The maximum absolute atomic E-state index is 12.3. The fourth-order valence-electron chi connectivity index (χ4n) is 2.93. The van der Waals surface area contributed by atoms with Crippen LogP contribution in [0.2, 0.25) is 0 Å². The van der Waals surface area contributed by atoms with E-state index in [9.17, 15) is 14.7 Å². The van der Waals surface area contributed by atoms with Crippen LogP contribution in [0, 0.1) is 6.92 Å². The number of pyridine rings is 1. The molecule has 0 unspecified atom stereocenters. The number of carbonyl (C=O) groups is 2. The summed E-state index contributed by atoms with van der Waals surface area (Å²) in [5, 5.41) is 15.1. The lowest BCUT2D eigenvalue weighted by Crippen LogP contribution is -2.42. The molecule has 3 aromatic rings. The zero-order valence-corrected chi connectivity index (χ0v) is 18.1. The van der Waals surface area contributed by atoms with Crippen molar-refractivity contribution in [1.29, 1.82) is 0 Å². The molecule has 0 fully saturated rings. The van der Waals surface area contributed by atoms with Crippen LogP contribution >= 0.6 is 11.3 Å². The van der Waals surface area contributed by atoms with Gasteiger partial charge in [-0.2, -0.15) is 0 Å². The molecule has 2 aromatic heterocycles. The molecule has 0 bridgehead atoms. The van der Waals surface area contributed by atoms with Crippen molar-refractivity contribution in [3.05, 3.63) is 69.8 Å². The van der Waals surface area contributed by atoms with Gasteiger partial charge >= 0.3 is 5.97 Å². The van der Waals surface area contributed by atoms with Gasteiger partial charge < -0.3 is 20.5 Å². The van der Waals surface area contributed by atoms with Gasteiger partial charge in [0.1, 0.15) is 22.5 Å².